The normalized spacial score (nSPS) is 10.4. The zero-order valence-corrected chi connectivity index (χ0v) is 13.9. The summed E-state index contributed by atoms with van der Waals surface area (Å²) in [5, 5.41) is 6.45. The number of amides is 2. The van der Waals surface area contributed by atoms with Crippen molar-refractivity contribution in [1.82, 2.24) is 0 Å². The summed E-state index contributed by atoms with van der Waals surface area (Å²) in [7, 11) is 0. The Bertz CT molecular complexity index is 661. The monoisotopic (exact) mass is 316 g/mol. The summed E-state index contributed by atoms with van der Waals surface area (Å²) in [5.74, 6) is 0. The first-order valence-corrected chi connectivity index (χ1v) is 7.87. The highest BCUT2D eigenvalue weighted by Gasteiger charge is 2.11. The Labute approximate surface area is 136 Å². The molecule has 0 aromatic heterocycles. The van der Waals surface area contributed by atoms with Gasteiger partial charge < -0.3 is 10.6 Å². The van der Waals surface area contributed by atoms with Crippen LogP contribution in [0.5, 0.6) is 0 Å². The third-order valence-corrected chi connectivity index (χ3v) is 3.92. The van der Waals surface area contributed by atoms with Gasteiger partial charge in [0.05, 0.1) is 0 Å². The molecule has 2 aromatic rings. The first-order chi connectivity index (χ1) is 10.5. The van der Waals surface area contributed by atoms with Crippen molar-refractivity contribution < 1.29 is 4.79 Å². The molecular weight excluding hydrogens is 296 g/mol. The van der Waals surface area contributed by atoms with Gasteiger partial charge in [0.15, 0.2) is 0 Å². The van der Waals surface area contributed by atoms with Crippen molar-refractivity contribution in [2.45, 2.75) is 33.6 Å². The minimum absolute atomic E-state index is 0.249. The van der Waals surface area contributed by atoms with E-state index < -0.39 is 0 Å². The SMILES string of the molecule is CCc1cccc(CC)c1NC(=O)Nc1cc(Cl)ccc1C. The zero-order chi connectivity index (χ0) is 16.1. The number of rotatable bonds is 4. The number of benzene rings is 2. The Hall–Kier alpha value is -2.00. The molecule has 2 N–H and O–H groups in total. The van der Waals surface area contributed by atoms with E-state index in [9.17, 15) is 4.79 Å². The first-order valence-electron chi connectivity index (χ1n) is 7.50. The lowest BCUT2D eigenvalue weighted by atomic mass is 10.0. The van der Waals surface area contributed by atoms with E-state index in [4.69, 9.17) is 11.6 Å². The van der Waals surface area contributed by atoms with E-state index in [0.717, 1.165) is 40.9 Å². The summed E-state index contributed by atoms with van der Waals surface area (Å²) in [5.41, 5.74) is 4.87. The molecule has 3 nitrogen and oxygen atoms in total. The maximum absolute atomic E-state index is 12.3. The quantitative estimate of drug-likeness (QED) is 0.777. The molecule has 2 aromatic carbocycles. The standard InChI is InChI=1S/C18H21ClN2O/c1-4-13-7-6-8-14(5-2)17(13)21-18(22)20-16-11-15(19)10-9-12(16)3/h6-11H,4-5H2,1-3H3,(H2,20,21,22). The number of hydrogen-bond donors (Lipinski definition) is 2. The molecule has 22 heavy (non-hydrogen) atoms. The lowest BCUT2D eigenvalue weighted by Gasteiger charge is -2.15. The maximum atomic E-state index is 12.3. The largest absolute Gasteiger partial charge is 0.323 e. The molecule has 0 spiro atoms. The molecule has 0 aliphatic rings. The van der Waals surface area contributed by atoms with Crippen LogP contribution < -0.4 is 10.6 Å². The molecule has 0 fully saturated rings. The van der Waals surface area contributed by atoms with Gasteiger partial charge in [0.25, 0.3) is 0 Å². The highest BCUT2D eigenvalue weighted by atomic mass is 35.5. The van der Waals surface area contributed by atoms with E-state index >= 15 is 0 Å². The van der Waals surface area contributed by atoms with Gasteiger partial charge in [-0.1, -0.05) is 49.7 Å². The van der Waals surface area contributed by atoms with Crippen LogP contribution in [0.15, 0.2) is 36.4 Å². The molecule has 0 saturated carbocycles. The molecule has 0 saturated heterocycles. The minimum Gasteiger partial charge on any atom is -0.307 e. The lowest BCUT2D eigenvalue weighted by Crippen LogP contribution is -2.21. The van der Waals surface area contributed by atoms with Gasteiger partial charge >= 0.3 is 6.03 Å². The molecule has 0 radical (unpaired) electrons. The molecule has 0 heterocycles. The Balaban J connectivity index is 2.20. The van der Waals surface area contributed by atoms with Crippen molar-refractivity contribution in [3.8, 4) is 0 Å². The van der Waals surface area contributed by atoms with Gasteiger partial charge in [-0.3, -0.25) is 0 Å². The third-order valence-electron chi connectivity index (χ3n) is 3.69. The summed E-state index contributed by atoms with van der Waals surface area (Å²) in [6, 6.07) is 11.3. The maximum Gasteiger partial charge on any atom is 0.323 e. The summed E-state index contributed by atoms with van der Waals surface area (Å²) in [4.78, 5) is 12.3. The van der Waals surface area contributed by atoms with E-state index in [-0.39, 0.29) is 6.03 Å². The highest BCUT2D eigenvalue weighted by Crippen LogP contribution is 2.24. The van der Waals surface area contributed by atoms with Gasteiger partial charge in [-0.05, 0) is 48.6 Å². The molecule has 4 heteroatoms. The van der Waals surface area contributed by atoms with Crippen LogP contribution in [-0.2, 0) is 12.8 Å². The summed E-state index contributed by atoms with van der Waals surface area (Å²) in [6.45, 7) is 6.10. The van der Waals surface area contributed by atoms with E-state index in [0.29, 0.717) is 5.02 Å². The average Bonchev–Trinajstić information content (AvgIpc) is 2.51. The molecule has 0 aliphatic carbocycles. The fourth-order valence-corrected chi connectivity index (χ4v) is 2.57. The van der Waals surface area contributed by atoms with Gasteiger partial charge in [-0.2, -0.15) is 0 Å². The predicted octanol–water partition coefficient (Wildman–Crippen LogP) is 5.42. The van der Waals surface area contributed by atoms with Crippen LogP contribution in [-0.4, -0.2) is 6.03 Å². The molecular formula is C18H21ClN2O. The topological polar surface area (TPSA) is 41.1 Å². The number of anilines is 2. The van der Waals surface area contributed by atoms with Crippen molar-refractivity contribution in [2.24, 2.45) is 0 Å². The summed E-state index contributed by atoms with van der Waals surface area (Å²) < 4.78 is 0. The number of urea groups is 1. The highest BCUT2D eigenvalue weighted by molar-refractivity contribution is 6.31. The van der Waals surface area contributed by atoms with Crippen LogP contribution in [0.2, 0.25) is 5.02 Å². The Kier molecular flexibility index (Phi) is 5.45. The number of carbonyl (C=O) groups is 1. The number of hydrogen-bond acceptors (Lipinski definition) is 1. The van der Waals surface area contributed by atoms with Gasteiger partial charge in [0, 0.05) is 16.4 Å². The lowest BCUT2D eigenvalue weighted by molar-refractivity contribution is 0.262. The Morgan fingerprint density at radius 3 is 2.27 bits per heavy atom. The molecule has 0 aliphatic heterocycles. The molecule has 0 bridgehead atoms. The van der Waals surface area contributed by atoms with Crippen molar-refractivity contribution in [2.75, 3.05) is 10.6 Å². The fourth-order valence-electron chi connectivity index (χ4n) is 2.40. The summed E-state index contributed by atoms with van der Waals surface area (Å²) in [6.07, 6.45) is 1.75. The number of carbonyl (C=O) groups excluding carboxylic acids is 1. The van der Waals surface area contributed by atoms with E-state index in [1.54, 1.807) is 6.07 Å². The third kappa shape index (κ3) is 3.80. The second-order valence-corrected chi connectivity index (χ2v) is 5.63. The van der Waals surface area contributed by atoms with Crippen LogP contribution >= 0.6 is 11.6 Å². The van der Waals surface area contributed by atoms with Crippen LogP contribution in [0.1, 0.15) is 30.5 Å². The van der Waals surface area contributed by atoms with Gasteiger partial charge in [-0.25, -0.2) is 4.79 Å². The molecule has 2 rings (SSSR count). The predicted molar refractivity (Wildman–Crippen MR) is 94.0 cm³/mol. The summed E-state index contributed by atoms with van der Waals surface area (Å²) >= 11 is 5.98. The number of nitrogens with one attached hydrogen (secondary N) is 2. The van der Waals surface area contributed by atoms with Crippen LogP contribution in [0.25, 0.3) is 0 Å². The van der Waals surface area contributed by atoms with E-state index in [1.807, 2.05) is 37.3 Å². The zero-order valence-electron chi connectivity index (χ0n) is 13.2. The molecule has 0 atom stereocenters. The van der Waals surface area contributed by atoms with Gasteiger partial charge in [-0.15, -0.1) is 0 Å². The van der Waals surface area contributed by atoms with Crippen LogP contribution in [0.3, 0.4) is 0 Å². The smallest absolute Gasteiger partial charge is 0.307 e. The Morgan fingerprint density at radius 1 is 1.05 bits per heavy atom. The van der Waals surface area contributed by atoms with Crippen molar-refractivity contribution >= 4 is 29.0 Å². The Morgan fingerprint density at radius 2 is 1.68 bits per heavy atom. The molecule has 2 amide bonds. The van der Waals surface area contributed by atoms with Crippen LogP contribution in [0.4, 0.5) is 16.2 Å². The van der Waals surface area contributed by atoms with Crippen LogP contribution in [0, 0.1) is 6.92 Å². The second-order valence-electron chi connectivity index (χ2n) is 5.20. The van der Waals surface area contributed by atoms with Gasteiger partial charge in [0.2, 0.25) is 0 Å². The van der Waals surface area contributed by atoms with Crippen molar-refractivity contribution in [3.63, 3.8) is 0 Å². The fraction of sp³-hybridized carbons (Fsp3) is 0.278. The molecule has 116 valence electrons. The number of aryl methyl sites for hydroxylation is 3. The van der Waals surface area contributed by atoms with E-state index in [1.165, 1.54) is 0 Å². The van der Waals surface area contributed by atoms with E-state index in [2.05, 4.69) is 24.5 Å². The second kappa shape index (κ2) is 7.32. The number of halogens is 1. The average molecular weight is 317 g/mol. The van der Waals surface area contributed by atoms with Crippen molar-refractivity contribution in [1.29, 1.82) is 0 Å². The first kappa shape index (κ1) is 16.4. The molecule has 0 unspecified atom stereocenters. The minimum atomic E-state index is -0.249. The van der Waals surface area contributed by atoms with Gasteiger partial charge in [0.1, 0.15) is 0 Å². The van der Waals surface area contributed by atoms with Crippen molar-refractivity contribution in [3.05, 3.63) is 58.1 Å². The number of para-hydroxylation sites is 1.